The summed E-state index contributed by atoms with van der Waals surface area (Å²) in [5, 5.41) is 23.4. The molecule has 0 saturated heterocycles. The SMILES string of the molecule is COc1ccc(Br)c(CNC(CC(C)C)C(=O)O)c1OCc1ccc([N+](=O)[O-])cc1. The van der Waals surface area contributed by atoms with Gasteiger partial charge >= 0.3 is 5.97 Å². The van der Waals surface area contributed by atoms with E-state index >= 15 is 0 Å². The monoisotopic (exact) mass is 480 g/mol. The normalized spacial score (nSPS) is 11.9. The van der Waals surface area contributed by atoms with Gasteiger partial charge < -0.3 is 19.9 Å². The molecule has 8 nitrogen and oxygen atoms in total. The number of hydrogen-bond donors (Lipinski definition) is 2. The number of nitro groups is 1. The Balaban J connectivity index is 2.22. The first-order valence-electron chi connectivity index (χ1n) is 9.40. The van der Waals surface area contributed by atoms with Gasteiger partial charge in [0, 0.05) is 28.7 Å². The molecule has 1 unspecified atom stereocenters. The Bertz CT molecular complexity index is 886. The molecule has 0 saturated carbocycles. The highest BCUT2D eigenvalue weighted by Gasteiger charge is 2.21. The summed E-state index contributed by atoms with van der Waals surface area (Å²) in [5.41, 5.74) is 1.49. The zero-order valence-electron chi connectivity index (χ0n) is 17.1. The largest absolute Gasteiger partial charge is 0.493 e. The van der Waals surface area contributed by atoms with Crippen molar-refractivity contribution in [3.63, 3.8) is 0 Å². The molecule has 0 bridgehead atoms. The number of carboxylic acid groups (broad SMARTS) is 1. The fraction of sp³-hybridized carbons (Fsp3) is 0.381. The van der Waals surface area contributed by atoms with E-state index in [1.165, 1.54) is 19.2 Å². The summed E-state index contributed by atoms with van der Waals surface area (Å²) in [6, 6.07) is 8.97. The van der Waals surface area contributed by atoms with E-state index in [1.807, 2.05) is 19.9 Å². The van der Waals surface area contributed by atoms with E-state index in [1.54, 1.807) is 18.2 Å². The molecule has 0 radical (unpaired) electrons. The number of nitrogens with one attached hydrogen (secondary N) is 1. The van der Waals surface area contributed by atoms with Crippen molar-refractivity contribution in [3.8, 4) is 11.5 Å². The zero-order valence-corrected chi connectivity index (χ0v) is 18.6. The molecule has 0 heterocycles. The number of hydrogen-bond acceptors (Lipinski definition) is 6. The summed E-state index contributed by atoms with van der Waals surface area (Å²) >= 11 is 3.50. The lowest BCUT2D eigenvalue weighted by molar-refractivity contribution is -0.384. The summed E-state index contributed by atoms with van der Waals surface area (Å²) in [6.07, 6.45) is 0.496. The molecule has 0 spiro atoms. The van der Waals surface area contributed by atoms with Gasteiger partial charge in [-0.3, -0.25) is 14.9 Å². The molecular weight excluding hydrogens is 456 g/mol. The molecule has 9 heteroatoms. The quantitative estimate of drug-likeness (QED) is 0.358. The Hall–Kier alpha value is -2.65. The first-order valence-corrected chi connectivity index (χ1v) is 10.2. The van der Waals surface area contributed by atoms with Crippen LogP contribution in [0.4, 0.5) is 5.69 Å². The van der Waals surface area contributed by atoms with Crippen molar-refractivity contribution in [2.75, 3.05) is 7.11 Å². The third kappa shape index (κ3) is 6.43. The molecule has 0 aliphatic carbocycles. The highest BCUT2D eigenvalue weighted by atomic mass is 79.9. The van der Waals surface area contributed by atoms with Gasteiger partial charge in [0.25, 0.3) is 5.69 Å². The number of halogens is 1. The maximum absolute atomic E-state index is 11.6. The highest BCUT2D eigenvalue weighted by molar-refractivity contribution is 9.10. The van der Waals surface area contributed by atoms with Crippen molar-refractivity contribution in [1.82, 2.24) is 5.32 Å². The van der Waals surface area contributed by atoms with Crippen molar-refractivity contribution in [1.29, 1.82) is 0 Å². The molecule has 0 fully saturated rings. The van der Waals surface area contributed by atoms with Crippen LogP contribution in [0.15, 0.2) is 40.9 Å². The molecule has 162 valence electrons. The second kappa shape index (κ2) is 10.9. The molecule has 0 amide bonds. The van der Waals surface area contributed by atoms with Gasteiger partial charge in [0.1, 0.15) is 12.6 Å². The Kier molecular flexibility index (Phi) is 8.61. The maximum Gasteiger partial charge on any atom is 0.320 e. The Labute approximate surface area is 183 Å². The predicted octanol–water partition coefficient (Wildman–Crippen LogP) is 4.53. The molecule has 0 aliphatic rings. The fourth-order valence-electron chi connectivity index (χ4n) is 2.90. The molecule has 2 aromatic rings. The number of methoxy groups -OCH3 is 1. The lowest BCUT2D eigenvalue weighted by Gasteiger charge is -2.20. The summed E-state index contributed by atoms with van der Waals surface area (Å²) < 4.78 is 12.2. The molecule has 2 N–H and O–H groups in total. The number of carbonyl (C=O) groups is 1. The minimum Gasteiger partial charge on any atom is -0.493 e. The van der Waals surface area contributed by atoms with Gasteiger partial charge in [-0.25, -0.2) is 0 Å². The average molecular weight is 481 g/mol. The van der Waals surface area contributed by atoms with E-state index in [4.69, 9.17) is 9.47 Å². The third-order valence-electron chi connectivity index (χ3n) is 4.45. The van der Waals surface area contributed by atoms with Crippen LogP contribution in [-0.2, 0) is 17.9 Å². The smallest absolute Gasteiger partial charge is 0.320 e. The zero-order chi connectivity index (χ0) is 22.3. The van der Waals surface area contributed by atoms with Crippen molar-refractivity contribution >= 4 is 27.6 Å². The van der Waals surface area contributed by atoms with Gasteiger partial charge in [0.15, 0.2) is 11.5 Å². The van der Waals surface area contributed by atoms with Crippen LogP contribution >= 0.6 is 15.9 Å². The van der Waals surface area contributed by atoms with Crippen LogP contribution in [0.1, 0.15) is 31.4 Å². The minimum absolute atomic E-state index is 0.00791. The average Bonchev–Trinajstić information content (AvgIpc) is 2.70. The predicted molar refractivity (Wildman–Crippen MR) is 116 cm³/mol. The first-order chi connectivity index (χ1) is 14.2. The molecule has 2 rings (SSSR count). The van der Waals surface area contributed by atoms with Crippen molar-refractivity contribution in [2.24, 2.45) is 5.92 Å². The molecule has 2 aromatic carbocycles. The number of nitro benzene ring substituents is 1. The van der Waals surface area contributed by atoms with E-state index in [0.717, 1.165) is 15.6 Å². The second-order valence-electron chi connectivity index (χ2n) is 7.17. The van der Waals surface area contributed by atoms with Gasteiger partial charge in [0.2, 0.25) is 0 Å². The van der Waals surface area contributed by atoms with Crippen molar-refractivity contribution in [2.45, 2.75) is 39.5 Å². The van der Waals surface area contributed by atoms with Crippen LogP contribution in [0.3, 0.4) is 0 Å². The van der Waals surface area contributed by atoms with Crippen LogP contribution in [0.2, 0.25) is 0 Å². The number of non-ortho nitro benzene ring substituents is 1. The van der Waals surface area contributed by atoms with E-state index in [9.17, 15) is 20.0 Å². The summed E-state index contributed by atoms with van der Waals surface area (Å²) in [7, 11) is 1.53. The topological polar surface area (TPSA) is 111 Å². The molecule has 0 aromatic heterocycles. The Morgan fingerprint density at radius 2 is 1.90 bits per heavy atom. The molecular formula is C21H25BrN2O6. The van der Waals surface area contributed by atoms with Crippen LogP contribution in [0, 0.1) is 16.0 Å². The van der Waals surface area contributed by atoms with E-state index in [0.29, 0.717) is 17.9 Å². The molecule has 1 atom stereocenters. The van der Waals surface area contributed by atoms with Gasteiger partial charge in [-0.15, -0.1) is 0 Å². The van der Waals surface area contributed by atoms with Crippen LogP contribution < -0.4 is 14.8 Å². The number of benzene rings is 2. The molecule has 30 heavy (non-hydrogen) atoms. The highest BCUT2D eigenvalue weighted by Crippen LogP contribution is 2.37. The standard InChI is InChI=1S/C21H25BrN2O6/c1-13(2)10-18(21(25)26)23-11-16-17(22)8-9-19(29-3)20(16)30-12-14-4-6-15(7-5-14)24(27)28/h4-9,13,18,23H,10-12H2,1-3H3,(H,25,26). The van der Waals surface area contributed by atoms with Crippen molar-refractivity contribution < 1.29 is 24.3 Å². The number of nitrogens with zero attached hydrogens (tertiary/aromatic N) is 1. The molecule has 0 aliphatic heterocycles. The van der Waals surface area contributed by atoms with Gasteiger partial charge in [-0.1, -0.05) is 29.8 Å². The lowest BCUT2D eigenvalue weighted by atomic mass is 10.0. The van der Waals surface area contributed by atoms with E-state index < -0.39 is 16.9 Å². The number of ether oxygens (including phenoxy) is 2. The second-order valence-corrected chi connectivity index (χ2v) is 8.03. The maximum atomic E-state index is 11.6. The van der Waals surface area contributed by atoms with E-state index in [-0.39, 0.29) is 24.8 Å². The number of aliphatic carboxylic acids is 1. The first kappa shape index (κ1) is 23.6. The lowest BCUT2D eigenvalue weighted by Crippen LogP contribution is -2.37. The summed E-state index contributed by atoms with van der Waals surface area (Å²) in [5.74, 6) is 0.306. The third-order valence-corrected chi connectivity index (χ3v) is 5.19. The van der Waals surface area contributed by atoms with Gasteiger partial charge in [0.05, 0.1) is 12.0 Å². The number of rotatable bonds is 11. The minimum atomic E-state index is -0.906. The van der Waals surface area contributed by atoms with Gasteiger partial charge in [-0.2, -0.15) is 0 Å². The van der Waals surface area contributed by atoms with Crippen LogP contribution in [0.25, 0.3) is 0 Å². The Morgan fingerprint density at radius 3 is 2.43 bits per heavy atom. The van der Waals surface area contributed by atoms with Gasteiger partial charge in [-0.05, 0) is 42.2 Å². The van der Waals surface area contributed by atoms with Crippen LogP contribution in [0.5, 0.6) is 11.5 Å². The Morgan fingerprint density at radius 1 is 1.23 bits per heavy atom. The van der Waals surface area contributed by atoms with E-state index in [2.05, 4.69) is 21.2 Å². The van der Waals surface area contributed by atoms with Crippen LogP contribution in [-0.4, -0.2) is 29.2 Å². The number of carboxylic acids is 1. The summed E-state index contributed by atoms with van der Waals surface area (Å²) in [4.78, 5) is 21.9. The fourth-order valence-corrected chi connectivity index (χ4v) is 3.36. The summed E-state index contributed by atoms with van der Waals surface area (Å²) in [6.45, 7) is 4.37. The van der Waals surface area contributed by atoms with Crippen molar-refractivity contribution in [3.05, 3.63) is 62.1 Å².